The molecule has 0 N–H and O–H groups in total. The third-order valence-electron chi connectivity index (χ3n) is 5.08. The SMILES string of the molecule is c1ccc(-c2nc(CN3CCC(N4CCOCC4)CC3)cs2)cc1. The third-order valence-corrected chi connectivity index (χ3v) is 6.02. The first-order valence-electron chi connectivity index (χ1n) is 8.92. The first kappa shape index (κ1) is 16.2. The predicted molar refractivity (Wildman–Crippen MR) is 98.2 cm³/mol. The van der Waals surface area contributed by atoms with Crippen LogP contribution in [0.4, 0.5) is 0 Å². The molecule has 3 heterocycles. The molecule has 2 saturated heterocycles. The summed E-state index contributed by atoms with van der Waals surface area (Å²) in [6.45, 7) is 7.37. The first-order chi connectivity index (χ1) is 11.9. The van der Waals surface area contributed by atoms with Gasteiger partial charge in [0.15, 0.2) is 0 Å². The molecule has 2 aromatic rings. The van der Waals surface area contributed by atoms with Gasteiger partial charge in [0.2, 0.25) is 0 Å². The highest BCUT2D eigenvalue weighted by Crippen LogP contribution is 2.25. The van der Waals surface area contributed by atoms with E-state index in [0.29, 0.717) is 0 Å². The monoisotopic (exact) mass is 343 g/mol. The zero-order chi connectivity index (χ0) is 16.2. The van der Waals surface area contributed by atoms with Crippen LogP contribution in [-0.4, -0.2) is 60.2 Å². The van der Waals surface area contributed by atoms with Gasteiger partial charge in [-0.05, 0) is 12.8 Å². The molecule has 2 fully saturated rings. The van der Waals surface area contributed by atoms with Gasteiger partial charge in [-0.25, -0.2) is 4.98 Å². The van der Waals surface area contributed by atoms with Gasteiger partial charge in [-0.3, -0.25) is 9.80 Å². The lowest BCUT2D eigenvalue weighted by Crippen LogP contribution is -2.48. The molecule has 0 bridgehead atoms. The molecule has 2 aliphatic rings. The van der Waals surface area contributed by atoms with E-state index in [1.165, 1.54) is 37.2 Å². The molecule has 2 aliphatic heterocycles. The molecule has 0 saturated carbocycles. The topological polar surface area (TPSA) is 28.6 Å². The third kappa shape index (κ3) is 3.86. The number of nitrogens with zero attached hydrogens (tertiary/aromatic N) is 3. The Labute approximate surface area is 148 Å². The van der Waals surface area contributed by atoms with Crippen molar-refractivity contribution in [1.82, 2.24) is 14.8 Å². The maximum atomic E-state index is 5.47. The number of aromatic nitrogens is 1. The smallest absolute Gasteiger partial charge is 0.123 e. The van der Waals surface area contributed by atoms with Gasteiger partial charge >= 0.3 is 0 Å². The van der Waals surface area contributed by atoms with E-state index in [0.717, 1.165) is 43.9 Å². The minimum absolute atomic E-state index is 0.750. The number of hydrogen-bond acceptors (Lipinski definition) is 5. The summed E-state index contributed by atoms with van der Waals surface area (Å²) >= 11 is 1.75. The molecule has 0 atom stereocenters. The van der Waals surface area contributed by atoms with Crippen molar-refractivity contribution in [2.45, 2.75) is 25.4 Å². The van der Waals surface area contributed by atoms with E-state index in [9.17, 15) is 0 Å². The van der Waals surface area contributed by atoms with Gasteiger partial charge in [0.1, 0.15) is 5.01 Å². The van der Waals surface area contributed by atoms with Crippen molar-refractivity contribution in [3.05, 3.63) is 41.4 Å². The number of thiazole rings is 1. The average Bonchev–Trinajstić information content (AvgIpc) is 3.12. The maximum absolute atomic E-state index is 5.47. The molecule has 1 aromatic carbocycles. The predicted octanol–water partition coefficient (Wildman–Crippen LogP) is 3.11. The van der Waals surface area contributed by atoms with Gasteiger partial charge < -0.3 is 4.74 Å². The minimum Gasteiger partial charge on any atom is -0.379 e. The summed E-state index contributed by atoms with van der Waals surface area (Å²) in [6.07, 6.45) is 2.55. The van der Waals surface area contributed by atoms with Crippen LogP contribution in [0.3, 0.4) is 0 Å². The van der Waals surface area contributed by atoms with E-state index < -0.39 is 0 Å². The van der Waals surface area contributed by atoms with E-state index in [-0.39, 0.29) is 0 Å². The second-order valence-electron chi connectivity index (χ2n) is 6.67. The van der Waals surface area contributed by atoms with Crippen LogP contribution >= 0.6 is 11.3 Å². The highest BCUT2D eigenvalue weighted by molar-refractivity contribution is 7.13. The van der Waals surface area contributed by atoms with Crippen molar-refractivity contribution in [1.29, 1.82) is 0 Å². The number of rotatable bonds is 4. The van der Waals surface area contributed by atoms with Crippen LogP contribution in [0.5, 0.6) is 0 Å². The van der Waals surface area contributed by atoms with Crippen LogP contribution in [0.15, 0.2) is 35.7 Å². The molecule has 4 rings (SSSR count). The highest BCUT2D eigenvalue weighted by Gasteiger charge is 2.26. The molecule has 4 nitrogen and oxygen atoms in total. The summed E-state index contributed by atoms with van der Waals surface area (Å²) in [5.74, 6) is 0. The Hall–Kier alpha value is -1.27. The fourth-order valence-corrected chi connectivity index (χ4v) is 4.52. The maximum Gasteiger partial charge on any atom is 0.123 e. The van der Waals surface area contributed by atoms with E-state index in [2.05, 4.69) is 45.5 Å². The first-order valence-corrected chi connectivity index (χ1v) is 9.80. The molecular weight excluding hydrogens is 318 g/mol. The molecule has 0 unspecified atom stereocenters. The molecule has 0 amide bonds. The van der Waals surface area contributed by atoms with E-state index in [4.69, 9.17) is 9.72 Å². The average molecular weight is 343 g/mol. The van der Waals surface area contributed by atoms with Crippen molar-refractivity contribution < 1.29 is 4.74 Å². The Morgan fingerprint density at radius 1 is 1.04 bits per heavy atom. The second-order valence-corrected chi connectivity index (χ2v) is 7.52. The standard InChI is InChI=1S/C19H25N3OS/c1-2-4-16(5-3-1)19-20-17(15-24-19)14-21-8-6-18(7-9-21)22-10-12-23-13-11-22/h1-5,15,18H,6-14H2. The lowest BCUT2D eigenvalue weighted by Gasteiger charge is -2.39. The number of hydrogen-bond donors (Lipinski definition) is 0. The quantitative estimate of drug-likeness (QED) is 0.853. The van der Waals surface area contributed by atoms with Crippen molar-refractivity contribution in [2.75, 3.05) is 39.4 Å². The zero-order valence-corrected chi connectivity index (χ0v) is 14.9. The van der Waals surface area contributed by atoms with Crippen molar-refractivity contribution in [3.63, 3.8) is 0 Å². The van der Waals surface area contributed by atoms with Crippen LogP contribution in [0.1, 0.15) is 18.5 Å². The van der Waals surface area contributed by atoms with E-state index >= 15 is 0 Å². The molecule has 5 heteroatoms. The van der Waals surface area contributed by atoms with Crippen LogP contribution in [0, 0.1) is 0 Å². The number of likely N-dealkylation sites (tertiary alicyclic amines) is 1. The Morgan fingerprint density at radius 2 is 1.79 bits per heavy atom. The van der Waals surface area contributed by atoms with Crippen molar-refractivity contribution >= 4 is 11.3 Å². The van der Waals surface area contributed by atoms with Crippen LogP contribution < -0.4 is 0 Å². The molecule has 0 radical (unpaired) electrons. The number of benzene rings is 1. The highest BCUT2D eigenvalue weighted by atomic mass is 32.1. The van der Waals surface area contributed by atoms with Gasteiger partial charge in [0.25, 0.3) is 0 Å². The fraction of sp³-hybridized carbons (Fsp3) is 0.526. The van der Waals surface area contributed by atoms with Crippen LogP contribution in [0.25, 0.3) is 10.6 Å². The molecule has 24 heavy (non-hydrogen) atoms. The summed E-state index contributed by atoms with van der Waals surface area (Å²) in [6, 6.07) is 11.2. The Kier molecular flexibility index (Phi) is 5.23. The van der Waals surface area contributed by atoms with E-state index in [1.807, 2.05) is 0 Å². The number of piperidine rings is 1. The van der Waals surface area contributed by atoms with Gasteiger partial charge in [-0.2, -0.15) is 0 Å². The molecule has 1 aromatic heterocycles. The number of ether oxygens (including phenoxy) is 1. The van der Waals surface area contributed by atoms with Crippen LogP contribution in [-0.2, 0) is 11.3 Å². The summed E-state index contributed by atoms with van der Waals surface area (Å²) in [7, 11) is 0. The lowest BCUT2D eigenvalue weighted by atomic mass is 10.0. The van der Waals surface area contributed by atoms with Crippen molar-refractivity contribution in [2.24, 2.45) is 0 Å². The summed E-state index contributed by atoms with van der Waals surface area (Å²) in [4.78, 5) is 10.0. The lowest BCUT2D eigenvalue weighted by molar-refractivity contribution is 0.000153. The van der Waals surface area contributed by atoms with E-state index in [1.54, 1.807) is 11.3 Å². The summed E-state index contributed by atoms with van der Waals surface area (Å²) in [5.41, 5.74) is 2.43. The summed E-state index contributed by atoms with van der Waals surface area (Å²) in [5, 5.41) is 3.35. The molecule has 0 aliphatic carbocycles. The Morgan fingerprint density at radius 3 is 2.54 bits per heavy atom. The van der Waals surface area contributed by atoms with Gasteiger partial charge in [-0.1, -0.05) is 30.3 Å². The van der Waals surface area contributed by atoms with Crippen LogP contribution in [0.2, 0.25) is 0 Å². The summed E-state index contributed by atoms with van der Waals surface area (Å²) < 4.78 is 5.47. The van der Waals surface area contributed by atoms with Gasteiger partial charge in [0.05, 0.1) is 18.9 Å². The van der Waals surface area contributed by atoms with Crippen molar-refractivity contribution in [3.8, 4) is 10.6 Å². The Bertz CT molecular complexity index is 631. The molecular formula is C19H25N3OS. The second kappa shape index (κ2) is 7.74. The number of morpholine rings is 1. The largest absolute Gasteiger partial charge is 0.379 e. The molecule has 128 valence electrons. The Balaban J connectivity index is 1.30. The van der Waals surface area contributed by atoms with Gasteiger partial charge in [-0.15, -0.1) is 11.3 Å². The zero-order valence-electron chi connectivity index (χ0n) is 14.1. The normalized spacial score (nSPS) is 21.2. The minimum atomic E-state index is 0.750. The molecule has 0 spiro atoms. The van der Waals surface area contributed by atoms with Gasteiger partial charge in [0, 0.05) is 49.7 Å². The fourth-order valence-electron chi connectivity index (χ4n) is 3.71.